The summed E-state index contributed by atoms with van der Waals surface area (Å²) in [6.07, 6.45) is 6.50. The first-order chi connectivity index (χ1) is 13.0. The van der Waals surface area contributed by atoms with Gasteiger partial charge in [-0.05, 0) is 25.0 Å². The summed E-state index contributed by atoms with van der Waals surface area (Å²) in [4.78, 5) is 22.4. The van der Waals surface area contributed by atoms with E-state index in [0.717, 1.165) is 25.5 Å². The predicted octanol–water partition coefficient (Wildman–Crippen LogP) is 2.34. The predicted molar refractivity (Wildman–Crippen MR) is 101 cm³/mol. The van der Waals surface area contributed by atoms with Crippen molar-refractivity contribution in [2.75, 3.05) is 24.3 Å². The van der Waals surface area contributed by atoms with Crippen LogP contribution in [0.2, 0.25) is 5.02 Å². The molecule has 1 aromatic carbocycles. The molecule has 1 fully saturated rings. The van der Waals surface area contributed by atoms with Crippen LogP contribution in [0.15, 0.2) is 30.6 Å². The molecular weight excluding hydrogens is 395 g/mol. The van der Waals surface area contributed by atoms with Crippen molar-refractivity contribution >= 4 is 34.4 Å². The van der Waals surface area contributed by atoms with Crippen molar-refractivity contribution in [3.05, 3.63) is 47.0 Å². The van der Waals surface area contributed by atoms with Crippen molar-refractivity contribution in [2.45, 2.75) is 18.9 Å². The van der Waals surface area contributed by atoms with E-state index in [2.05, 4.69) is 14.7 Å². The molecule has 0 bridgehead atoms. The summed E-state index contributed by atoms with van der Waals surface area (Å²) in [5.41, 5.74) is -0.289. The highest BCUT2D eigenvalue weighted by molar-refractivity contribution is 7.82. The lowest BCUT2D eigenvalue weighted by Gasteiger charge is -2.24. The minimum absolute atomic E-state index is 0.0389. The summed E-state index contributed by atoms with van der Waals surface area (Å²) in [5.74, 6) is -0.832. The maximum atomic E-state index is 14.2. The zero-order chi connectivity index (χ0) is 19.4. The molecular formula is C17H18ClFN4O3S. The van der Waals surface area contributed by atoms with Crippen LogP contribution in [0.3, 0.4) is 0 Å². The van der Waals surface area contributed by atoms with E-state index < -0.39 is 22.7 Å². The van der Waals surface area contributed by atoms with Crippen LogP contribution in [-0.2, 0) is 11.0 Å². The highest BCUT2D eigenvalue weighted by atomic mass is 35.5. The summed E-state index contributed by atoms with van der Waals surface area (Å²) >= 11 is 6.14. The molecule has 3 rings (SSSR count). The number of halogens is 2. The van der Waals surface area contributed by atoms with Crippen molar-refractivity contribution in [3.63, 3.8) is 0 Å². The average Bonchev–Trinajstić information content (AvgIpc) is 3.10. The fraction of sp³-hybridized carbons (Fsp3) is 0.353. The monoisotopic (exact) mass is 412 g/mol. The Morgan fingerprint density at radius 2 is 2.19 bits per heavy atom. The molecule has 0 saturated carbocycles. The van der Waals surface area contributed by atoms with Crippen molar-refractivity contribution in [1.29, 1.82) is 0 Å². The number of carbonyl (C=O) groups is 1. The quantitative estimate of drug-likeness (QED) is 0.784. The molecule has 0 aliphatic carbocycles. The Hall–Kier alpha value is -2.26. The molecule has 1 amide bonds. The van der Waals surface area contributed by atoms with Gasteiger partial charge in [0.2, 0.25) is 5.95 Å². The number of nitrogens with zero attached hydrogens (tertiary/aromatic N) is 3. The Morgan fingerprint density at radius 1 is 1.44 bits per heavy atom. The van der Waals surface area contributed by atoms with E-state index in [-0.39, 0.29) is 29.0 Å². The Labute approximate surface area is 163 Å². The third kappa shape index (κ3) is 4.72. The van der Waals surface area contributed by atoms with E-state index in [4.69, 9.17) is 16.3 Å². The van der Waals surface area contributed by atoms with Crippen molar-refractivity contribution in [3.8, 4) is 5.75 Å². The van der Waals surface area contributed by atoms with Gasteiger partial charge in [-0.15, -0.1) is 0 Å². The second-order valence-corrected chi connectivity index (χ2v) is 7.52. The van der Waals surface area contributed by atoms with Crippen LogP contribution >= 0.6 is 11.6 Å². The molecule has 7 nitrogen and oxygen atoms in total. The van der Waals surface area contributed by atoms with E-state index >= 15 is 0 Å². The molecule has 2 unspecified atom stereocenters. The summed E-state index contributed by atoms with van der Waals surface area (Å²) in [6, 6.07) is 4.02. The molecule has 0 spiro atoms. The SMILES string of the molecule is CS(=O)NC(=O)c1cc(Cl)c(OCC2CCCN2c2ncccn2)cc1F. The number of rotatable bonds is 6. The van der Waals surface area contributed by atoms with Gasteiger partial charge in [-0.2, -0.15) is 0 Å². The van der Waals surface area contributed by atoms with Crippen LogP contribution in [0.4, 0.5) is 10.3 Å². The highest BCUT2D eigenvalue weighted by Gasteiger charge is 2.27. The third-order valence-corrected chi connectivity index (χ3v) is 4.89. The summed E-state index contributed by atoms with van der Waals surface area (Å²) in [5, 5.41) is 0.101. The first kappa shape index (κ1) is 19.5. The topological polar surface area (TPSA) is 84.4 Å². The van der Waals surface area contributed by atoms with Gasteiger partial charge in [0.15, 0.2) is 0 Å². The normalized spacial score (nSPS) is 17.6. The summed E-state index contributed by atoms with van der Waals surface area (Å²) in [6.45, 7) is 1.09. The smallest absolute Gasteiger partial charge is 0.265 e. The van der Waals surface area contributed by atoms with E-state index in [1.165, 1.54) is 12.3 Å². The largest absolute Gasteiger partial charge is 0.490 e. The molecule has 10 heteroatoms. The molecule has 27 heavy (non-hydrogen) atoms. The Balaban J connectivity index is 1.70. The average molecular weight is 413 g/mol. The zero-order valence-electron chi connectivity index (χ0n) is 14.5. The first-order valence-electron chi connectivity index (χ1n) is 8.25. The molecule has 2 atom stereocenters. The van der Waals surface area contributed by atoms with Crippen LogP contribution in [-0.4, -0.2) is 45.5 Å². The maximum absolute atomic E-state index is 14.2. The Morgan fingerprint density at radius 3 is 2.89 bits per heavy atom. The zero-order valence-corrected chi connectivity index (χ0v) is 16.1. The number of benzene rings is 1. The van der Waals surface area contributed by atoms with Crippen molar-refractivity contribution in [1.82, 2.24) is 14.7 Å². The molecule has 1 aliphatic rings. The summed E-state index contributed by atoms with van der Waals surface area (Å²) < 4.78 is 33.1. The van der Waals surface area contributed by atoms with Gasteiger partial charge in [-0.3, -0.25) is 9.52 Å². The number of anilines is 1. The number of amides is 1. The molecule has 1 aromatic heterocycles. The fourth-order valence-corrected chi connectivity index (χ4v) is 3.49. The number of carbonyl (C=O) groups excluding carboxylic acids is 1. The van der Waals surface area contributed by atoms with Gasteiger partial charge in [0.05, 0.1) is 16.6 Å². The van der Waals surface area contributed by atoms with E-state index in [1.54, 1.807) is 18.5 Å². The second-order valence-electron chi connectivity index (χ2n) is 6.00. The molecule has 1 saturated heterocycles. The standard InChI is InChI=1S/C17H18ClFN4O3S/c1-27(25)22-16(24)12-8-13(18)15(9-14(12)19)26-10-11-4-2-7-23(11)17-20-5-3-6-21-17/h3,5-6,8-9,11H,2,4,7,10H2,1H3,(H,22,24). The third-order valence-electron chi connectivity index (χ3n) is 4.12. The van der Waals surface area contributed by atoms with Gasteiger partial charge in [0.25, 0.3) is 5.91 Å². The molecule has 2 heterocycles. The molecule has 144 valence electrons. The lowest BCUT2D eigenvalue weighted by atomic mass is 10.2. The van der Waals surface area contributed by atoms with Crippen LogP contribution in [0.25, 0.3) is 0 Å². The molecule has 0 radical (unpaired) electrons. The van der Waals surface area contributed by atoms with Gasteiger partial charge in [-0.25, -0.2) is 18.6 Å². The van der Waals surface area contributed by atoms with Gasteiger partial charge in [-0.1, -0.05) is 11.6 Å². The lowest BCUT2D eigenvalue weighted by molar-refractivity contribution is 0.0979. The molecule has 1 aliphatic heterocycles. The van der Waals surface area contributed by atoms with Crippen molar-refractivity contribution < 1.29 is 18.1 Å². The van der Waals surface area contributed by atoms with Gasteiger partial charge in [0, 0.05) is 31.3 Å². The molecule has 1 N–H and O–H groups in total. The van der Waals surface area contributed by atoms with Crippen molar-refractivity contribution in [2.24, 2.45) is 0 Å². The van der Waals surface area contributed by atoms with Crippen LogP contribution < -0.4 is 14.4 Å². The summed E-state index contributed by atoms with van der Waals surface area (Å²) in [7, 11) is -1.60. The van der Waals surface area contributed by atoms with Gasteiger partial charge in [0.1, 0.15) is 29.2 Å². The Kier molecular flexibility index (Phi) is 6.22. The highest BCUT2D eigenvalue weighted by Crippen LogP contribution is 2.29. The fourth-order valence-electron chi connectivity index (χ4n) is 2.90. The van der Waals surface area contributed by atoms with Crippen LogP contribution in [0.1, 0.15) is 23.2 Å². The lowest BCUT2D eigenvalue weighted by Crippen LogP contribution is -2.35. The number of aromatic nitrogens is 2. The first-order valence-corrected chi connectivity index (χ1v) is 10.2. The second kappa shape index (κ2) is 8.62. The van der Waals surface area contributed by atoms with Gasteiger partial charge < -0.3 is 9.64 Å². The minimum Gasteiger partial charge on any atom is -0.490 e. The minimum atomic E-state index is -1.60. The van der Waals surface area contributed by atoms with Crippen LogP contribution in [0, 0.1) is 5.82 Å². The van der Waals surface area contributed by atoms with Crippen LogP contribution in [0.5, 0.6) is 5.75 Å². The van der Waals surface area contributed by atoms with E-state index in [9.17, 15) is 13.4 Å². The number of nitrogens with one attached hydrogen (secondary N) is 1. The Bertz CT molecular complexity index is 856. The van der Waals surface area contributed by atoms with Gasteiger partial charge >= 0.3 is 0 Å². The number of ether oxygens (including phenoxy) is 1. The van der Waals surface area contributed by atoms with E-state index in [0.29, 0.717) is 5.95 Å². The maximum Gasteiger partial charge on any atom is 0.265 e. The number of hydrogen-bond donors (Lipinski definition) is 1. The molecule has 2 aromatic rings. The van der Waals surface area contributed by atoms with E-state index in [1.807, 2.05) is 4.90 Å². The number of hydrogen-bond acceptors (Lipinski definition) is 6.